The van der Waals surface area contributed by atoms with E-state index in [2.05, 4.69) is 9.72 Å². The molecule has 0 saturated heterocycles. The first-order chi connectivity index (χ1) is 5.54. The fourth-order valence-electron chi connectivity index (χ4n) is 0.706. The number of pyridine rings is 1. The van der Waals surface area contributed by atoms with E-state index in [1.54, 1.807) is 0 Å². The van der Waals surface area contributed by atoms with Gasteiger partial charge in [0.1, 0.15) is 5.75 Å². The summed E-state index contributed by atoms with van der Waals surface area (Å²) in [5, 5.41) is 0. The first-order valence-electron chi connectivity index (χ1n) is 3.24. The Morgan fingerprint density at radius 2 is 1.92 bits per heavy atom. The van der Waals surface area contributed by atoms with E-state index < -0.39 is 12.6 Å². The molecule has 0 saturated carbocycles. The van der Waals surface area contributed by atoms with Crippen molar-refractivity contribution in [3.63, 3.8) is 0 Å². The molecule has 0 atom stereocenters. The van der Waals surface area contributed by atoms with Gasteiger partial charge >= 0.3 is 58.4 Å². The van der Waals surface area contributed by atoms with Crippen LogP contribution in [0.5, 0.6) is 5.75 Å². The Kier molecular flexibility index (Phi) is 5.54. The zero-order valence-corrected chi connectivity index (χ0v) is 10.4. The van der Waals surface area contributed by atoms with Crippen LogP contribution in [0.25, 0.3) is 0 Å². The first kappa shape index (κ1) is 13.4. The van der Waals surface area contributed by atoms with Crippen molar-refractivity contribution in [3.8, 4) is 5.75 Å². The van der Waals surface area contributed by atoms with E-state index in [0.29, 0.717) is 5.75 Å². The van der Waals surface area contributed by atoms with Crippen LogP contribution in [0.3, 0.4) is 0 Å². The van der Waals surface area contributed by atoms with Gasteiger partial charge in [-0.3, -0.25) is 4.98 Å². The molecule has 0 aromatic carbocycles. The van der Waals surface area contributed by atoms with Gasteiger partial charge in [-0.05, 0) is 11.7 Å². The third-order valence-electron chi connectivity index (χ3n) is 1.33. The molecule has 66 valence electrons. The maximum atomic E-state index is 12.0. The van der Waals surface area contributed by atoms with Gasteiger partial charge in [-0.1, -0.05) is 6.07 Å². The third kappa shape index (κ3) is 3.99. The smallest absolute Gasteiger partial charge is 0.495 e. The summed E-state index contributed by atoms with van der Waals surface area (Å²) in [5.74, 6) is 0.318. The number of ether oxygens (including phenoxy) is 1. The Labute approximate surface area is 116 Å². The van der Waals surface area contributed by atoms with Gasteiger partial charge in [0.15, 0.2) is 0 Å². The van der Waals surface area contributed by atoms with Crippen molar-refractivity contribution >= 4 is 12.6 Å². The molecule has 1 aromatic rings. The van der Waals surface area contributed by atoms with Crippen LogP contribution in [-0.2, 0) is 0 Å². The molecule has 0 spiro atoms. The van der Waals surface area contributed by atoms with Crippen molar-refractivity contribution in [2.45, 2.75) is 0 Å². The van der Waals surface area contributed by atoms with E-state index in [4.69, 9.17) is 0 Å². The number of rotatable bonds is 2. The largest absolute Gasteiger partial charge is 1.00 e. The summed E-state index contributed by atoms with van der Waals surface area (Å²) in [6, 6.07) is 2.14. The molecule has 0 radical (unpaired) electrons. The van der Waals surface area contributed by atoms with Crippen molar-refractivity contribution in [2.24, 2.45) is 0 Å². The fourth-order valence-corrected chi connectivity index (χ4v) is 0.706. The summed E-state index contributed by atoms with van der Waals surface area (Å²) in [7, 11) is 1.37. The summed E-state index contributed by atoms with van der Waals surface area (Å²) in [5.41, 5.74) is -0.851. The van der Waals surface area contributed by atoms with Crippen LogP contribution in [-0.4, -0.2) is 19.1 Å². The van der Waals surface area contributed by atoms with Gasteiger partial charge in [0, 0.05) is 0 Å². The standard InChI is InChI=1S/C6H6BF3NO.K/c1-12-5-2-3-6(11-4-5)7(8,9)10;/h2-4H,1H3;/q-1;+1. The monoisotopic (exact) mass is 215 g/mol. The molecule has 2 nitrogen and oxygen atoms in total. The van der Waals surface area contributed by atoms with E-state index in [0.717, 1.165) is 12.3 Å². The van der Waals surface area contributed by atoms with Crippen LogP contribution in [0.15, 0.2) is 18.3 Å². The number of methoxy groups -OCH3 is 1. The molecular formula is C6H6BF3KNO. The second-order valence-corrected chi connectivity index (χ2v) is 2.20. The van der Waals surface area contributed by atoms with Crippen LogP contribution >= 0.6 is 0 Å². The normalized spacial score (nSPS) is 10.5. The Morgan fingerprint density at radius 1 is 1.31 bits per heavy atom. The molecular weight excluding hydrogens is 209 g/mol. The van der Waals surface area contributed by atoms with Crippen LogP contribution in [0.1, 0.15) is 0 Å². The minimum absolute atomic E-state index is 0. The second kappa shape index (κ2) is 5.35. The van der Waals surface area contributed by atoms with Gasteiger partial charge in [-0.2, -0.15) is 0 Å². The summed E-state index contributed by atoms with van der Waals surface area (Å²) in [4.78, 5) is 3.20. The van der Waals surface area contributed by atoms with Crippen molar-refractivity contribution < 1.29 is 69.1 Å². The van der Waals surface area contributed by atoms with E-state index in [9.17, 15) is 12.9 Å². The van der Waals surface area contributed by atoms with E-state index >= 15 is 0 Å². The fraction of sp³-hybridized carbons (Fsp3) is 0.167. The van der Waals surface area contributed by atoms with Crippen LogP contribution < -0.4 is 61.7 Å². The average Bonchev–Trinajstić information content (AvgIpc) is 2.03. The Balaban J connectivity index is 0.00000144. The van der Waals surface area contributed by atoms with Crippen molar-refractivity contribution in [3.05, 3.63) is 18.3 Å². The number of halogens is 3. The van der Waals surface area contributed by atoms with Crippen LogP contribution in [0.2, 0.25) is 0 Å². The van der Waals surface area contributed by atoms with Gasteiger partial charge in [0.05, 0.1) is 13.3 Å². The van der Waals surface area contributed by atoms with Crippen molar-refractivity contribution in [1.82, 2.24) is 4.98 Å². The predicted octanol–water partition coefficient (Wildman–Crippen LogP) is -1.85. The molecule has 0 N–H and O–H groups in total. The average molecular weight is 215 g/mol. The number of hydrogen-bond donors (Lipinski definition) is 0. The van der Waals surface area contributed by atoms with E-state index in [1.807, 2.05) is 0 Å². The summed E-state index contributed by atoms with van der Waals surface area (Å²) >= 11 is 0. The topological polar surface area (TPSA) is 22.1 Å². The molecule has 1 aromatic heterocycles. The Morgan fingerprint density at radius 3 is 2.23 bits per heavy atom. The van der Waals surface area contributed by atoms with Gasteiger partial charge < -0.3 is 17.7 Å². The molecule has 0 bridgehead atoms. The number of hydrogen-bond acceptors (Lipinski definition) is 2. The summed E-state index contributed by atoms with van der Waals surface area (Å²) in [6.07, 6.45) is 1.05. The molecule has 0 unspecified atom stereocenters. The zero-order valence-electron chi connectivity index (χ0n) is 7.30. The Hall–Kier alpha value is 0.441. The van der Waals surface area contributed by atoms with E-state index in [-0.39, 0.29) is 51.4 Å². The van der Waals surface area contributed by atoms with Crippen molar-refractivity contribution in [1.29, 1.82) is 0 Å². The zero-order chi connectivity index (χ0) is 9.19. The number of aromatic nitrogens is 1. The predicted molar refractivity (Wildman–Crippen MR) is 39.5 cm³/mol. The molecule has 0 amide bonds. The molecule has 13 heavy (non-hydrogen) atoms. The second-order valence-electron chi connectivity index (χ2n) is 2.20. The molecule has 7 heteroatoms. The van der Waals surface area contributed by atoms with Gasteiger partial charge in [-0.25, -0.2) is 0 Å². The van der Waals surface area contributed by atoms with Crippen LogP contribution in [0, 0.1) is 0 Å². The molecule has 1 heterocycles. The molecule has 0 aliphatic heterocycles. The van der Waals surface area contributed by atoms with Crippen molar-refractivity contribution in [2.75, 3.05) is 7.11 Å². The third-order valence-corrected chi connectivity index (χ3v) is 1.33. The molecule has 0 aliphatic carbocycles. The Bertz CT molecular complexity index is 264. The quantitative estimate of drug-likeness (QED) is 0.540. The minimum Gasteiger partial charge on any atom is -0.495 e. The van der Waals surface area contributed by atoms with E-state index in [1.165, 1.54) is 13.2 Å². The molecule has 1 rings (SSSR count). The van der Waals surface area contributed by atoms with Crippen LogP contribution in [0.4, 0.5) is 12.9 Å². The van der Waals surface area contributed by atoms with Gasteiger partial charge in [0.2, 0.25) is 0 Å². The maximum absolute atomic E-state index is 12.0. The maximum Gasteiger partial charge on any atom is 1.00 e. The molecule has 0 fully saturated rings. The van der Waals surface area contributed by atoms with Gasteiger partial charge in [0.25, 0.3) is 0 Å². The first-order valence-corrected chi connectivity index (χ1v) is 3.24. The minimum atomic E-state index is -4.99. The molecule has 0 aliphatic rings. The summed E-state index contributed by atoms with van der Waals surface area (Å²) in [6.45, 7) is -4.99. The van der Waals surface area contributed by atoms with Gasteiger partial charge in [-0.15, -0.1) is 0 Å². The summed E-state index contributed by atoms with van der Waals surface area (Å²) < 4.78 is 40.6. The SMILES string of the molecule is COc1ccc([B-](F)(F)F)nc1.[K+]. The number of nitrogens with zero attached hydrogens (tertiary/aromatic N) is 1.